The fourth-order valence-corrected chi connectivity index (χ4v) is 2.27. The van der Waals surface area contributed by atoms with Crippen molar-refractivity contribution in [2.24, 2.45) is 11.7 Å². The minimum Gasteiger partial charge on any atom is -0.323 e. The van der Waals surface area contributed by atoms with Crippen molar-refractivity contribution >= 4 is 11.8 Å². The van der Waals surface area contributed by atoms with Crippen molar-refractivity contribution in [2.45, 2.75) is 44.6 Å². The summed E-state index contributed by atoms with van der Waals surface area (Å²) >= 11 is 1.88. The predicted octanol–water partition coefficient (Wildman–Crippen LogP) is 3.63. The summed E-state index contributed by atoms with van der Waals surface area (Å²) < 4.78 is 0. The van der Waals surface area contributed by atoms with Gasteiger partial charge in [-0.2, -0.15) is 0 Å². The zero-order valence-electron chi connectivity index (χ0n) is 10.4. The molecule has 2 atom stereocenters. The van der Waals surface area contributed by atoms with E-state index in [1.165, 1.54) is 11.3 Å². The molecule has 1 rings (SSSR count). The molecule has 0 amide bonds. The topological polar surface area (TPSA) is 38.9 Å². The third-order valence-corrected chi connectivity index (χ3v) is 4.12. The first kappa shape index (κ1) is 13.5. The second kappa shape index (κ2) is 6.92. The van der Waals surface area contributed by atoms with Crippen LogP contribution in [0.15, 0.2) is 23.2 Å². The molecule has 1 unspecified atom stereocenters. The number of pyridine rings is 1. The fourth-order valence-electron chi connectivity index (χ4n) is 1.26. The zero-order valence-corrected chi connectivity index (χ0v) is 11.3. The minimum absolute atomic E-state index is 0.0774. The van der Waals surface area contributed by atoms with Gasteiger partial charge in [-0.15, -0.1) is 11.8 Å². The molecule has 1 heterocycles. The van der Waals surface area contributed by atoms with Crippen molar-refractivity contribution in [2.75, 3.05) is 5.75 Å². The zero-order chi connectivity index (χ0) is 12.0. The molecule has 0 fully saturated rings. The minimum atomic E-state index is 0.0774. The average Bonchev–Trinajstić information content (AvgIpc) is 2.35. The van der Waals surface area contributed by atoms with Gasteiger partial charge in [0.15, 0.2) is 0 Å². The Kier molecular flexibility index (Phi) is 5.85. The molecule has 90 valence electrons. The molecule has 0 radical (unpaired) electrons. The molecular formula is C13H22N2S. The highest BCUT2D eigenvalue weighted by Crippen LogP contribution is 2.22. The van der Waals surface area contributed by atoms with Gasteiger partial charge in [0.1, 0.15) is 0 Å². The van der Waals surface area contributed by atoms with Gasteiger partial charge in [0.05, 0.1) is 5.69 Å². The van der Waals surface area contributed by atoms with Gasteiger partial charge in [-0.1, -0.05) is 27.2 Å². The van der Waals surface area contributed by atoms with Gasteiger partial charge in [-0.3, -0.25) is 4.98 Å². The van der Waals surface area contributed by atoms with Gasteiger partial charge in [0, 0.05) is 22.9 Å². The van der Waals surface area contributed by atoms with E-state index in [0.29, 0.717) is 0 Å². The van der Waals surface area contributed by atoms with Crippen LogP contribution in [0.5, 0.6) is 0 Å². The van der Waals surface area contributed by atoms with Crippen LogP contribution in [-0.2, 0) is 0 Å². The van der Waals surface area contributed by atoms with Crippen molar-refractivity contribution < 1.29 is 0 Å². The summed E-state index contributed by atoms with van der Waals surface area (Å²) in [7, 11) is 0. The molecule has 0 aromatic carbocycles. The Balaban J connectivity index is 2.51. The van der Waals surface area contributed by atoms with E-state index in [2.05, 4.69) is 31.8 Å². The van der Waals surface area contributed by atoms with Crippen LogP contribution >= 0.6 is 11.8 Å². The molecule has 3 heteroatoms. The van der Waals surface area contributed by atoms with E-state index in [9.17, 15) is 0 Å². The summed E-state index contributed by atoms with van der Waals surface area (Å²) in [5, 5.41) is 0. The molecule has 0 aliphatic carbocycles. The highest BCUT2D eigenvalue weighted by molar-refractivity contribution is 7.99. The first-order chi connectivity index (χ1) is 7.67. The molecule has 0 aliphatic rings. The monoisotopic (exact) mass is 238 g/mol. The Morgan fingerprint density at radius 1 is 1.31 bits per heavy atom. The maximum Gasteiger partial charge on any atom is 0.0571 e. The summed E-state index contributed by atoms with van der Waals surface area (Å²) in [5.41, 5.74) is 6.91. The van der Waals surface area contributed by atoms with Gasteiger partial charge >= 0.3 is 0 Å². The number of nitrogens with zero attached hydrogens (tertiary/aromatic N) is 1. The number of rotatable bonds is 6. The SMILES string of the molecule is CCC(C)CSc1ccc([C@@H](N)CC)nc1. The summed E-state index contributed by atoms with van der Waals surface area (Å²) in [6.45, 7) is 6.59. The lowest BCUT2D eigenvalue weighted by Gasteiger charge is -2.10. The van der Waals surface area contributed by atoms with E-state index in [4.69, 9.17) is 5.73 Å². The van der Waals surface area contributed by atoms with Crippen LogP contribution in [0.3, 0.4) is 0 Å². The fraction of sp³-hybridized carbons (Fsp3) is 0.615. The van der Waals surface area contributed by atoms with Gasteiger partial charge in [0.25, 0.3) is 0 Å². The Morgan fingerprint density at radius 2 is 2.06 bits per heavy atom. The van der Waals surface area contributed by atoms with Crippen LogP contribution in [-0.4, -0.2) is 10.7 Å². The second-order valence-corrected chi connectivity index (χ2v) is 5.35. The van der Waals surface area contributed by atoms with Crippen LogP contribution in [0.4, 0.5) is 0 Å². The highest BCUT2D eigenvalue weighted by atomic mass is 32.2. The first-order valence-corrected chi connectivity index (χ1v) is 7.00. The van der Waals surface area contributed by atoms with E-state index in [1.54, 1.807) is 0 Å². The third kappa shape index (κ3) is 4.14. The number of hydrogen-bond acceptors (Lipinski definition) is 3. The van der Waals surface area contributed by atoms with Gasteiger partial charge in [-0.05, 0) is 24.5 Å². The molecule has 0 spiro atoms. The third-order valence-electron chi connectivity index (χ3n) is 2.81. The van der Waals surface area contributed by atoms with Gasteiger partial charge < -0.3 is 5.73 Å². The number of thioether (sulfide) groups is 1. The summed E-state index contributed by atoms with van der Waals surface area (Å²) in [6.07, 6.45) is 4.11. The molecule has 2 nitrogen and oxygen atoms in total. The molecule has 0 bridgehead atoms. The Labute approximate surface area is 103 Å². The van der Waals surface area contributed by atoms with Crippen molar-refractivity contribution in [1.82, 2.24) is 4.98 Å². The number of nitrogens with two attached hydrogens (primary N) is 1. The lowest BCUT2D eigenvalue weighted by atomic mass is 10.1. The van der Waals surface area contributed by atoms with Crippen LogP contribution in [0.25, 0.3) is 0 Å². The van der Waals surface area contributed by atoms with Gasteiger partial charge in [-0.25, -0.2) is 0 Å². The van der Waals surface area contributed by atoms with Crippen LogP contribution < -0.4 is 5.73 Å². The lowest BCUT2D eigenvalue weighted by Crippen LogP contribution is -2.10. The van der Waals surface area contributed by atoms with E-state index in [1.807, 2.05) is 24.0 Å². The Hall–Kier alpha value is -0.540. The average molecular weight is 238 g/mol. The molecule has 0 aliphatic heterocycles. The summed E-state index contributed by atoms with van der Waals surface area (Å²) in [4.78, 5) is 5.65. The Bertz CT molecular complexity index is 297. The van der Waals surface area contributed by atoms with Crippen LogP contribution in [0, 0.1) is 5.92 Å². The van der Waals surface area contributed by atoms with E-state index < -0.39 is 0 Å². The van der Waals surface area contributed by atoms with Gasteiger partial charge in [0.2, 0.25) is 0 Å². The smallest absolute Gasteiger partial charge is 0.0571 e. The van der Waals surface area contributed by atoms with E-state index in [-0.39, 0.29) is 6.04 Å². The molecule has 1 aromatic rings. The van der Waals surface area contributed by atoms with Crippen molar-refractivity contribution in [3.05, 3.63) is 24.0 Å². The number of hydrogen-bond donors (Lipinski definition) is 1. The summed E-state index contributed by atoms with van der Waals surface area (Å²) in [5.74, 6) is 1.93. The van der Waals surface area contributed by atoms with Crippen LogP contribution in [0.2, 0.25) is 0 Å². The largest absolute Gasteiger partial charge is 0.323 e. The molecule has 16 heavy (non-hydrogen) atoms. The van der Waals surface area contributed by atoms with Crippen molar-refractivity contribution in [3.63, 3.8) is 0 Å². The quantitative estimate of drug-likeness (QED) is 0.769. The van der Waals surface area contributed by atoms with E-state index >= 15 is 0 Å². The molecule has 2 N–H and O–H groups in total. The first-order valence-electron chi connectivity index (χ1n) is 6.01. The second-order valence-electron chi connectivity index (χ2n) is 4.26. The lowest BCUT2D eigenvalue weighted by molar-refractivity contribution is 0.636. The standard InChI is InChI=1S/C13H22N2S/c1-4-10(3)9-16-11-6-7-13(15-8-11)12(14)5-2/h6-8,10,12H,4-5,9,14H2,1-3H3/t10?,12-/m0/s1. The molecular weight excluding hydrogens is 216 g/mol. The predicted molar refractivity (Wildman–Crippen MR) is 71.6 cm³/mol. The normalized spacial score (nSPS) is 14.8. The van der Waals surface area contributed by atoms with Crippen molar-refractivity contribution in [1.29, 1.82) is 0 Å². The van der Waals surface area contributed by atoms with E-state index in [0.717, 1.165) is 23.8 Å². The maximum absolute atomic E-state index is 5.92. The maximum atomic E-state index is 5.92. The molecule has 1 aromatic heterocycles. The van der Waals surface area contributed by atoms with Crippen LogP contribution in [0.1, 0.15) is 45.3 Å². The summed E-state index contributed by atoms with van der Waals surface area (Å²) in [6, 6.07) is 4.26. The number of aromatic nitrogens is 1. The molecule has 0 saturated carbocycles. The highest BCUT2D eigenvalue weighted by Gasteiger charge is 2.05. The molecule has 0 saturated heterocycles. The Morgan fingerprint density at radius 3 is 2.56 bits per heavy atom. The van der Waals surface area contributed by atoms with Crippen molar-refractivity contribution in [3.8, 4) is 0 Å².